The maximum absolute atomic E-state index is 6.39. The Kier molecular flexibility index (Phi) is 7.82. The van der Waals surface area contributed by atoms with Gasteiger partial charge in [-0.1, -0.05) is 158 Å². The third kappa shape index (κ3) is 5.60. The Labute approximate surface area is 330 Å². The van der Waals surface area contributed by atoms with Crippen LogP contribution in [0.1, 0.15) is 0 Å². The highest BCUT2D eigenvalue weighted by Gasteiger charge is 2.20. The van der Waals surface area contributed by atoms with Gasteiger partial charge in [0.05, 0.1) is 27.8 Å². The molecule has 0 bridgehead atoms. The molecule has 0 saturated carbocycles. The molecule has 2 heterocycles. The van der Waals surface area contributed by atoms with Crippen molar-refractivity contribution in [3.63, 3.8) is 0 Å². The Morgan fingerprint density at radius 1 is 0.333 bits per heavy atom. The molecule has 57 heavy (non-hydrogen) atoms. The number of anilines is 3. The fraction of sp³-hybridized carbons (Fsp3) is 0. The van der Waals surface area contributed by atoms with Crippen molar-refractivity contribution in [1.29, 1.82) is 0 Å². The first-order valence-corrected chi connectivity index (χ1v) is 19.4. The van der Waals surface area contributed by atoms with Gasteiger partial charge in [0.1, 0.15) is 11.2 Å². The molecular formula is C54H36N2O. The van der Waals surface area contributed by atoms with Crippen molar-refractivity contribution in [3.8, 4) is 39.1 Å². The largest absolute Gasteiger partial charge is 0.456 e. The minimum Gasteiger partial charge on any atom is -0.456 e. The summed E-state index contributed by atoms with van der Waals surface area (Å²) in [4.78, 5) is 2.36. The number of hydrogen-bond donors (Lipinski definition) is 0. The Balaban J connectivity index is 1.02. The molecule has 3 nitrogen and oxygen atoms in total. The zero-order chi connectivity index (χ0) is 37.7. The van der Waals surface area contributed by atoms with Gasteiger partial charge in [-0.05, 0) is 88.5 Å². The van der Waals surface area contributed by atoms with Crippen LogP contribution in [0.15, 0.2) is 223 Å². The van der Waals surface area contributed by atoms with Gasteiger partial charge in [-0.3, -0.25) is 0 Å². The topological polar surface area (TPSA) is 21.3 Å². The van der Waals surface area contributed by atoms with Crippen molar-refractivity contribution >= 4 is 60.8 Å². The lowest BCUT2D eigenvalue weighted by atomic mass is 9.99. The normalized spacial score (nSPS) is 11.5. The fourth-order valence-corrected chi connectivity index (χ4v) is 8.54. The molecule has 0 N–H and O–H groups in total. The van der Waals surface area contributed by atoms with Gasteiger partial charge in [-0.25, -0.2) is 0 Å². The third-order valence-electron chi connectivity index (χ3n) is 11.2. The second kappa shape index (κ2) is 13.6. The Hall–Kier alpha value is -7.62. The van der Waals surface area contributed by atoms with Gasteiger partial charge in [0.2, 0.25) is 0 Å². The standard InChI is InChI=1S/C54H36N2O/c1-2-13-37(14-3-1)38-25-27-39(28-26-38)40-29-33-42(34-30-40)55(51-22-12-24-53-54(51)47-18-7-11-23-52(47)57-53)43-35-31-41(32-36-43)44-15-4-8-19-48(44)56-49-20-9-5-16-45(49)46-17-6-10-21-50(46)56/h1-36H. The van der Waals surface area contributed by atoms with Crippen molar-refractivity contribution < 1.29 is 4.42 Å². The van der Waals surface area contributed by atoms with Crippen LogP contribution in [0.25, 0.3) is 82.8 Å². The third-order valence-corrected chi connectivity index (χ3v) is 11.2. The molecule has 0 radical (unpaired) electrons. The van der Waals surface area contributed by atoms with Crippen molar-refractivity contribution in [1.82, 2.24) is 4.57 Å². The molecule has 0 atom stereocenters. The van der Waals surface area contributed by atoms with Crippen LogP contribution >= 0.6 is 0 Å². The summed E-state index contributed by atoms with van der Waals surface area (Å²) in [5, 5.41) is 4.70. The Bertz CT molecular complexity index is 3160. The van der Waals surface area contributed by atoms with Gasteiger partial charge >= 0.3 is 0 Å². The summed E-state index contributed by atoms with van der Waals surface area (Å²) in [6, 6.07) is 78.1. The van der Waals surface area contributed by atoms with Crippen molar-refractivity contribution in [2.75, 3.05) is 4.90 Å². The SMILES string of the molecule is c1ccc(-c2ccc(-c3ccc(N(c4ccc(-c5ccccc5-n5c6ccccc6c6ccccc65)cc4)c4cccc5oc6ccccc6c45)cc3)cc2)cc1. The van der Waals surface area contributed by atoms with Gasteiger partial charge in [-0.15, -0.1) is 0 Å². The fourth-order valence-electron chi connectivity index (χ4n) is 8.54. The molecule has 0 saturated heterocycles. The van der Waals surface area contributed by atoms with Crippen molar-refractivity contribution in [3.05, 3.63) is 218 Å². The lowest BCUT2D eigenvalue weighted by Gasteiger charge is -2.27. The maximum Gasteiger partial charge on any atom is 0.137 e. The molecule has 3 heteroatoms. The maximum atomic E-state index is 6.39. The zero-order valence-electron chi connectivity index (χ0n) is 31.1. The highest BCUT2D eigenvalue weighted by Crippen LogP contribution is 2.44. The van der Waals surface area contributed by atoms with Crippen LogP contribution in [0.3, 0.4) is 0 Å². The highest BCUT2D eigenvalue weighted by molar-refractivity contribution is 6.13. The van der Waals surface area contributed by atoms with E-state index in [9.17, 15) is 0 Å². The molecule has 11 aromatic rings. The predicted molar refractivity (Wildman–Crippen MR) is 239 cm³/mol. The van der Waals surface area contributed by atoms with Gasteiger partial charge < -0.3 is 13.9 Å². The van der Waals surface area contributed by atoms with E-state index in [1.165, 1.54) is 49.6 Å². The summed E-state index contributed by atoms with van der Waals surface area (Å²) in [6.45, 7) is 0. The smallest absolute Gasteiger partial charge is 0.137 e. The molecule has 11 rings (SSSR count). The number of benzene rings is 9. The predicted octanol–water partition coefficient (Wildman–Crippen LogP) is 15.2. The molecule has 0 aliphatic rings. The van der Waals surface area contributed by atoms with Crippen molar-refractivity contribution in [2.24, 2.45) is 0 Å². The van der Waals surface area contributed by atoms with Crippen LogP contribution < -0.4 is 4.90 Å². The number of hydrogen-bond acceptors (Lipinski definition) is 2. The summed E-state index contributed by atoms with van der Waals surface area (Å²) in [5.41, 5.74) is 15.6. The molecule has 0 fully saturated rings. The van der Waals surface area contributed by atoms with E-state index in [-0.39, 0.29) is 0 Å². The minimum atomic E-state index is 0.866. The Morgan fingerprint density at radius 2 is 0.807 bits per heavy atom. The van der Waals surface area contributed by atoms with Crippen LogP contribution in [0.4, 0.5) is 17.1 Å². The van der Waals surface area contributed by atoms with Crippen LogP contribution in [0.5, 0.6) is 0 Å². The van der Waals surface area contributed by atoms with E-state index in [4.69, 9.17) is 4.42 Å². The number of nitrogens with zero attached hydrogens (tertiary/aromatic N) is 2. The van der Waals surface area contributed by atoms with E-state index in [1.807, 2.05) is 12.1 Å². The number of fused-ring (bicyclic) bond motifs is 6. The van der Waals surface area contributed by atoms with E-state index in [0.29, 0.717) is 0 Å². The molecule has 0 spiro atoms. The molecule has 0 aliphatic heterocycles. The first kappa shape index (κ1) is 32.8. The van der Waals surface area contributed by atoms with Crippen LogP contribution in [-0.2, 0) is 0 Å². The lowest BCUT2D eigenvalue weighted by molar-refractivity contribution is 0.669. The second-order valence-electron chi connectivity index (χ2n) is 14.5. The molecule has 0 unspecified atom stereocenters. The van der Waals surface area contributed by atoms with E-state index in [2.05, 4.69) is 216 Å². The second-order valence-corrected chi connectivity index (χ2v) is 14.5. The molecule has 0 aliphatic carbocycles. The van der Waals surface area contributed by atoms with E-state index >= 15 is 0 Å². The van der Waals surface area contributed by atoms with E-state index in [0.717, 1.165) is 50.3 Å². The highest BCUT2D eigenvalue weighted by atomic mass is 16.3. The zero-order valence-corrected chi connectivity index (χ0v) is 31.1. The first-order valence-electron chi connectivity index (χ1n) is 19.4. The number of aromatic nitrogens is 1. The van der Waals surface area contributed by atoms with Crippen LogP contribution in [-0.4, -0.2) is 4.57 Å². The average molecular weight is 729 g/mol. The first-order chi connectivity index (χ1) is 28.3. The quantitative estimate of drug-likeness (QED) is 0.163. The van der Waals surface area contributed by atoms with E-state index in [1.54, 1.807) is 0 Å². The number of furan rings is 1. The summed E-state index contributed by atoms with van der Waals surface area (Å²) < 4.78 is 8.80. The summed E-state index contributed by atoms with van der Waals surface area (Å²) in [7, 11) is 0. The average Bonchev–Trinajstić information content (AvgIpc) is 3.84. The van der Waals surface area contributed by atoms with Crippen LogP contribution in [0.2, 0.25) is 0 Å². The van der Waals surface area contributed by atoms with E-state index < -0.39 is 0 Å². The molecule has 2 aromatic heterocycles. The molecule has 0 amide bonds. The molecule has 9 aromatic carbocycles. The number of para-hydroxylation sites is 4. The molecular weight excluding hydrogens is 693 g/mol. The monoisotopic (exact) mass is 728 g/mol. The van der Waals surface area contributed by atoms with Gasteiger partial charge in [-0.2, -0.15) is 0 Å². The molecule has 268 valence electrons. The minimum absolute atomic E-state index is 0.866. The Morgan fingerprint density at radius 3 is 1.46 bits per heavy atom. The summed E-state index contributed by atoms with van der Waals surface area (Å²) >= 11 is 0. The lowest BCUT2D eigenvalue weighted by Crippen LogP contribution is -2.10. The van der Waals surface area contributed by atoms with Gasteiger partial charge in [0, 0.05) is 33.1 Å². The number of rotatable bonds is 7. The van der Waals surface area contributed by atoms with Crippen LogP contribution in [0, 0.1) is 0 Å². The van der Waals surface area contributed by atoms with Gasteiger partial charge in [0.15, 0.2) is 0 Å². The van der Waals surface area contributed by atoms with Gasteiger partial charge in [0.25, 0.3) is 0 Å². The summed E-state index contributed by atoms with van der Waals surface area (Å²) in [6.07, 6.45) is 0. The summed E-state index contributed by atoms with van der Waals surface area (Å²) in [5.74, 6) is 0. The van der Waals surface area contributed by atoms with Crippen molar-refractivity contribution in [2.45, 2.75) is 0 Å².